The Labute approximate surface area is 123 Å². The molecule has 0 amide bonds. The van der Waals surface area contributed by atoms with Gasteiger partial charge in [0.2, 0.25) is 5.96 Å². The number of aromatic nitrogens is 2. The maximum absolute atomic E-state index is 5.78. The number of fused-ring (bicyclic) bond motifs is 1. The molecule has 0 radical (unpaired) electrons. The summed E-state index contributed by atoms with van der Waals surface area (Å²) in [4.78, 5) is 13.1. The van der Waals surface area contributed by atoms with E-state index >= 15 is 0 Å². The lowest BCUT2D eigenvalue weighted by molar-refractivity contribution is 0.726. The van der Waals surface area contributed by atoms with Crippen LogP contribution in [0, 0.1) is 0 Å². The normalized spacial score (nSPS) is 21.9. The van der Waals surface area contributed by atoms with E-state index in [2.05, 4.69) is 41.9 Å². The minimum Gasteiger partial charge on any atom is -0.316 e. The Morgan fingerprint density at radius 1 is 1.35 bits per heavy atom. The molecule has 7 heteroatoms. The van der Waals surface area contributed by atoms with Crippen LogP contribution in [0.25, 0.3) is 11.0 Å². The molecule has 1 aromatic heterocycles. The van der Waals surface area contributed by atoms with Gasteiger partial charge in [-0.15, -0.1) is 0 Å². The van der Waals surface area contributed by atoms with Gasteiger partial charge in [0.1, 0.15) is 5.82 Å². The summed E-state index contributed by atoms with van der Waals surface area (Å²) in [5.41, 5.74) is 7.77. The number of hydrogen-bond donors (Lipinski definition) is 2. The fourth-order valence-corrected chi connectivity index (χ4v) is 2.74. The lowest BCUT2D eigenvalue weighted by Gasteiger charge is -2.16. The van der Waals surface area contributed by atoms with Gasteiger partial charge in [-0.1, -0.05) is 15.9 Å². The topological polar surface area (TPSA) is 80.6 Å². The van der Waals surface area contributed by atoms with E-state index in [9.17, 15) is 0 Å². The molecule has 2 heterocycles. The van der Waals surface area contributed by atoms with Crippen LogP contribution in [0.3, 0.4) is 0 Å². The summed E-state index contributed by atoms with van der Waals surface area (Å²) in [7, 11) is 0. The minimum absolute atomic E-state index is 0.515. The van der Waals surface area contributed by atoms with Gasteiger partial charge in [-0.2, -0.15) is 0 Å². The van der Waals surface area contributed by atoms with Gasteiger partial charge in [-0.25, -0.2) is 15.0 Å². The van der Waals surface area contributed by atoms with Crippen LogP contribution in [-0.2, 0) is 0 Å². The summed E-state index contributed by atoms with van der Waals surface area (Å²) in [5, 5.41) is 3.07. The van der Waals surface area contributed by atoms with Crippen molar-refractivity contribution >= 4 is 39.3 Å². The molecule has 1 aliphatic heterocycles. The second kappa shape index (κ2) is 4.39. The predicted molar refractivity (Wildman–Crippen MR) is 81.8 cm³/mol. The molecular weight excluding hydrogens is 320 g/mol. The summed E-state index contributed by atoms with van der Waals surface area (Å²) in [6, 6.07) is 6.06. The largest absolute Gasteiger partial charge is 0.316 e. The number of nitrogens with two attached hydrogens (primary N) is 1. The molecule has 1 aliphatic carbocycles. The summed E-state index contributed by atoms with van der Waals surface area (Å²) in [5.74, 6) is 2.25. The third-order valence-electron chi connectivity index (χ3n) is 3.47. The number of benzene rings is 1. The van der Waals surface area contributed by atoms with Crippen molar-refractivity contribution in [3.05, 3.63) is 28.5 Å². The molecule has 4 rings (SSSR count). The predicted octanol–water partition coefficient (Wildman–Crippen LogP) is 1.75. The van der Waals surface area contributed by atoms with Crippen molar-refractivity contribution in [3.8, 4) is 0 Å². The van der Waals surface area contributed by atoms with Crippen molar-refractivity contribution in [1.82, 2.24) is 14.9 Å². The highest BCUT2D eigenvalue weighted by atomic mass is 79.9. The van der Waals surface area contributed by atoms with E-state index in [-0.39, 0.29) is 0 Å². The molecule has 3 N–H and O–H groups in total. The van der Waals surface area contributed by atoms with Crippen molar-refractivity contribution < 1.29 is 0 Å². The molecule has 20 heavy (non-hydrogen) atoms. The number of halogens is 1. The van der Waals surface area contributed by atoms with Gasteiger partial charge in [0.25, 0.3) is 0 Å². The van der Waals surface area contributed by atoms with Crippen LogP contribution >= 0.6 is 15.9 Å². The molecule has 0 saturated heterocycles. The first kappa shape index (κ1) is 12.0. The lowest BCUT2D eigenvalue weighted by Crippen LogP contribution is -2.37. The number of imidazole rings is 1. The van der Waals surface area contributed by atoms with Gasteiger partial charge < -0.3 is 5.32 Å². The van der Waals surface area contributed by atoms with Crippen molar-refractivity contribution in [2.45, 2.75) is 25.0 Å². The SMILES string of the molecule is NC1N=CNC(n2c(C3CC3)nc3ccc(Br)cc32)=N1. The van der Waals surface area contributed by atoms with E-state index < -0.39 is 6.29 Å². The second-order valence-corrected chi connectivity index (χ2v) is 5.92. The number of nitrogens with one attached hydrogen (secondary N) is 1. The van der Waals surface area contributed by atoms with E-state index in [0.717, 1.165) is 21.3 Å². The summed E-state index contributed by atoms with van der Waals surface area (Å²) >= 11 is 3.51. The zero-order valence-corrected chi connectivity index (χ0v) is 12.2. The number of aliphatic imine (C=N–C) groups is 2. The molecule has 1 unspecified atom stereocenters. The molecule has 1 atom stereocenters. The molecule has 0 bridgehead atoms. The highest BCUT2D eigenvalue weighted by molar-refractivity contribution is 9.10. The van der Waals surface area contributed by atoms with Gasteiger partial charge in [0.05, 0.1) is 17.4 Å². The number of rotatable bonds is 1. The maximum Gasteiger partial charge on any atom is 0.212 e. The van der Waals surface area contributed by atoms with Gasteiger partial charge in [-0.05, 0) is 31.0 Å². The van der Waals surface area contributed by atoms with Crippen LogP contribution in [-0.4, -0.2) is 28.1 Å². The van der Waals surface area contributed by atoms with E-state index in [4.69, 9.17) is 10.7 Å². The summed E-state index contributed by atoms with van der Waals surface area (Å²) in [6.07, 6.45) is 3.39. The maximum atomic E-state index is 5.78. The molecule has 2 aromatic rings. The van der Waals surface area contributed by atoms with Crippen LogP contribution in [0.5, 0.6) is 0 Å². The molecule has 2 aliphatic rings. The standard InChI is InChI=1S/C13H13BrN6/c14-8-3-4-9-10(5-8)20(11(18-9)7-1-2-7)13-17-6-16-12(15)19-13/h3-7,12H,1-2,15H2,(H,16,17,19). The minimum atomic E-state index is -0.553. The zero-order chi connectivity index (χ0) is 13.7. The van der Waals surface area contributed by atoms with E-state index in [1.54, 1.807) is 6.34 Å². The fourth-order valence-electron chi connectivity index (χ4n) is 2.39. The molecule has 102 valence electrons. The zero-order valence-electron chi connectivity index (χ0n) is 10.6. The van der Waals surface area contributed by atoms with Gasteiger partial charge in [-0.3, -0.25) is 10.3 Å². The van der Waals surface area contributed by atoms with E-state index in [1.165, 1.54) is 12.8 Å². The Kier molecular flexibility index (Phi) is 2.64. The molecular formula is C13H13BrN6. The molecule has 1 fully saturated rings. The van der Waals surface area contributed by atoms with Crippen LogP contribution in [0.15, 0.2) is 32.7 Å². The third-order valence-corrected chi connectivity index (χ3v) is 3.97. The molecule has 0 spiro atoms. The highest BCUT2D eigenvalue weighted by Gasteiger charge is 2.31. The Bertz CT molecular complexity index is 743. The number of nitrogens with zero attached hydrogens (tertiary/aromatic N) is 4. The molecule has 1 aromatic carbocycles. The first-order valence-corrected chi connectivity index (χ1v) is 7.31. The molecule has 6 nitrogen and oxygen atoms in total. The van der Waals surface area contributed by atoms with Crippen LogP contribution < -0.4 is 11.1 Å². The van der Waals surface area contributed by atoms with Crippen molar-refractivity contribution in [2.24, 2.45) is 15.7 Å². The smallest absolute Gasteiger partial charge is 0.212 e. The lowest BCUT2D eigenvalue weighted by atomic mass is 10.3. The third kappa shape index (κ3) is 1.94. The Balaban J connectivity index is 1.95. The van der Waals surface area contributed by atoms with Crippen molar-refractivity contribution in [1.29, 1.82) is 0 Å². The van der Waals surface area contributed by atoms with E-state index in [1.807, 2.05) is 12.1 Å². The number of hydrogen-bond acceptors (Lipinski definition) is 5. The average molecular weight is 333 g/mol. The van der Waals surface area contributed by atoms with Gasteiger partial charge >= 0.3 is 0 Å². The highest BCUT2D eigenvalue weighted by Crippen LogP contribution is 2.40. The van der Waals surface area contributed by atoms with Gasteiger partial charge in [0.15, 0.2) is 6.29 Å². The quantitative estimate of drug-likeness (QED) is 0.834. The Hall–Kier alpha value is -1.73. The monoisotopic (exact) mass is 332 g/mol. The van der Waals surface area contributed by atoms with Crippen LogP contribution in [0.1, 0.15) is 24.6 Å². The first-order valence-electron chi connectivity index (χ1n) is 6.52. The fraction of sp³-hybridized carbons (Fsp3) is 0.308. The molecule has 1 saturated carbocycles. The van der Waals surface area contributed by atoms with E-state index in [0.29, 0.717) is 11.9 Å². The summed E-state index contributed by atoms with van der Waals surface area (Å²) in [6.45, 7) is 0. The van der Waals surface area contributed by atoms with Gasteiger partial charge in [0, 0.05) is 10.4 Å². The second-order valence-electron chi connectivity index (χ2n) is 5.00. The van der Waals surface area contributed by atoms with Crippen molar-refractivity contribution in [2.75, 3.05) is 0 Å². The average Bonchev–Trinajstić information content (AvgIpc) is 3.20. The first-order chi connectivity index (χ1) is 9.72. The van der Waals surface area contributed by atoms with Crippen molar-refractivity contribution in [3.63, 3.8) is 0 Å². The van der Waals surface area contributed by atoms with Crippen LogP contribution in [0.4, 0.5) is 0 Å². The summed E-state index contributed by atoms with van der Waals surface area (Å²) < 4.78 is 3.07. The van der Waals surface area contributed by atoms with Crippen LogP contribution in [0.2, 0.25) is 0 Å². The Morgan fingerprint density at radius 2 is 2.20 bits per heavy atom. The Morgan fingerprint density at radius 3 is 2.95 bits per heavy atom.